The highest BCUT2D eigenvalue weighted by molar-refractivity contribution is 8.01. The molecule has 0 spiro atoms. The molecule has 168 valence electrons. The summed E-state index contributed by atoms with van der Waals surface area (Å²) in [5, 5.41) is 6.54. The van der Waals surface area contributed by atoms with Crippen LogP contribution in [0, 0.1) is 6.92 Å². The molecule has 2 amide bonds. The zero-order valence-electron chi connectivity index (χ0n) is 18.6. The van der Waals surface area contributed by atoms with Gasteiger partial charge in [0.25, 0.3) is 0 Å². The third-order valence-electron chi connectivity index (χ3n) is 5.32. The summed E-state index contributed by atoms with van der Waals surface area (Å²) >= 11 is 1.30. The second-order valence-corrected chi connectivity index (χ2v) is 9.24. The van der Waals surface area contributed by atoms with Gasteiger partial charge in [0, 0.05) is 11.1 Å². The Hall–Kier alpha value is -3.51. The van der Waals surface area contributed by atoms with Gasteiger partial charge in [0.2, 0.25) is 11.8 Å². The third kappa shape index (κ3) is 5.84. The summed E-state index contributed by atoms with van der Waals surface area (Å²) in [4.78, 5) is 25.3. The molecule has 33 heavy (non-hydrogen) atoms. The van der Waals surface area contributed by atoms with E-state index in [1.165, 1.54) is 11.8 Å². The number of carbonyl (C=O) groups is 2. The Bertz CT molecular complexity index is 1200. The first-order chi connectivity index (χ1) is 16.0. The van der Waals surface area contributed by atoms with Gasteiger partial charge in [-0.25, -0.2) is 0 Å². The van der Waals surface area contributed by atoms with Crippen LogP contribution in [0.3, 0.4) is 0 Å². The lowest BCUT2D eigenvalue weighted by Gasteiger charge is -2.20. The summed E-state index contributed by atoms with van der Waals surface area (Å²) < 4.78 is 6.05. The summed E-state index contributed by atoms with van der Waals surface area (Å²) in [7, 11) is 0. The molecule has 0 aliphatic carbocycles. The van der Waals surface area contributed by atoms with Gasteiger partial charge in [0.15, 0.2) is 0 Å². The van der Waals surface area contributed by atoms with Gasteiger partial charge in [-0.15, -0.1) is 11.8 Å². The van der Waals surface area contributed by atoms with Crippen LogP contribution >= 0.6 is 11.8 Å². The van der Waals surface area contributed by atoms with Crippen molar-refractivity contribution in [3.63, 3.8) is 0 Å². The first-order valence-electron chi connectivity index (χ1n) is 10.8. The number of hydrogen-bond donors (Lipinski definition) is 2. The van der Waals surface area contributed by atoms with E-state index in [1.54, 1.807) is 6.92 Å². The normalized spacial score (nSPS) is 12.8. The third-order valence-corrected chi connectivity index (χ3v) is 6.46. The number of carbonyl (C=O) groups excluding carboxylic acids is 2. The van der Waals surface area contributed by atoms with E-state index in [9.17, 15) is 9.59 Å². The molecule has 0 bridgehead atoms. The first kappa shape index (κ1) is 22.7. The second kappa shape index (κ2) is 10.4. The largest absolute Gasteiger partial charge is 0.459 e. The van der Waals surface area contributed by atoms with Crippen LogP contribution in [-0.2, 0) is 9.59 Å². The standard InChI is InChI=1S/C27H26N2O3S/c1-18-12-14-22(15-13-18)28-25(30)17-33-19(2)27(31)29-26(20-8-4-3-5-9-20)24-16-21-10-6-7-11-23(21)32-24/h3-16,19,26H,17H2,1-2H3,(H,28,30)(H,29,31). The molecule has 2 unspecified atom stereocenters. The highest BCUT2D eigenvalue weighted by Crippen LogP contribution is 2.29. The predicted octanol–water partition coefficient (Wildman–Crippen LogP) is 5.71. The molecule has 0 aliphatic rings. The fourth-order valence-electron chi connectivity index (χ4n) is 3.48. The molecule has 0 fully saturated rings. The van der Waals surface area contributed by atoms with E-state index in [0.29, 0.717) is 5.76 Å². The number of thioether (sulfide) groups is 1. The molecule has 1 heterocycles. The lowest BCUT2D eigenvalue weighted by Crippen LogP contribution is -2.35. The fraction of sp³-hybridized carbons (Fsp3) is 0.185. The Kier molecular flexibility index (Phi) is 7.15. The SMILES string of the molecule is Cc1ccc(NC(=O)CSC(C)C(=O)NC(c2ccccc2)c2cc3ccccc3o2)cc1. The Morgan fingerprint density at radius 1 is 0.939 bits per heavy atom. The maximum Gasteiger partial charge on any atom is 0.234 e. The van der Waals surface area contributed by atoms with Gasteiger partial charge in [-0.3, -0.25) is 9.59 Å². The lowest BCUT2D eigenvalue weighted by atomic mass is 10.0. The second-order valence-electron chi connectivity index (χ2n) is 7.91. The molecule has 0 radical (unpaired) electrons. The smallest absolute Gasteiger partial charge is 0.234 e. The van der Waals surface area contributed by atoms with Gasteiger partial charge in [0.05, 0.1) is 11.0 Å². The molecule has 0 saturated carbocycles. The molecule has 0 saturated heterocycles. The summed E-state index contributed by atoms with van der Waals surface area (Å²) in [5.74, 6) is 0.561. The van der Waals surface area contributed by atoms with Crippen LogP contribution in [0.4, 0.5) is 5.69 Å². The number of benzene rings is 3. The van der Waals surface area contributed by atoms with Gasteiger partial charge in [-0.1, -0.05) is 66.2 Å². The summed E-state index contributed by atoms with van der Waals surface area (Å²) in [6.07, 6.45) is 0. The van der Waals surface area contributed by atoms with Crippen LogP contribution in [0.25, 0.3) is 11.0 Å². The van der Waals surface area contributed by atoms with Crippen LogP contribution in [0.1, 0.15) is 29.9 Å². The van der Waals surface area contributed by atoms with Crippen molar-refractivity contribution in [1.82, 2.24) is 5.32 Å². The van der Waals surface area contributed by atoms with Crippen molar-refractivity contribution in [2.45, 2.75) is 25.1 Å². The number of anilines is 1. The molecule has 2 N–H and O–H groups in total. The zero-order chi connectivity index (χ0) is 23.2. The van der Waals surface area contributed by atoms with Gasteiger partial charge in [-0.05, 0) is 43.7 Å². The highest BCUT2D eigenvalue weighted by atomic mass is 32.2. The minimum Gasteiger partial charge on any atom is -0.459 e. The van der Waals surface area contributed by atoms with Crippen molar-refractivity contribution in [3.8, 4) is 0 Å². The molecular weight excluding hydrogens is 432 g/mol. The average molecular weight is 459 g/mol. The summed E-state index contributed by atoms with van der Waals surface area (Å²) in [6, 6.07) is 26.7. The summed E-state index contributed by atoms with van der Waals surface area (Å²) in [5.41, 5.74) is 3.58. The van der Waals surface area contributed by atoms with E-state index in [0.717, 1.165) is 27.8 Å². The van der Waals surface area contributed by atoms with E-state index in [-0.39, 0.29) is 17.6 Å². The van der Waals surface area contributed by atoms with Crippen molar-refractivity contribution in [1.29, 1.82) is 0 Å². The molecule has 4 aromatic rings. The van der Waals surface area contributed by atoms with Crippen LogP contribution < -0.4 is 10.6 Å². The maximum absolute atomic E-state index is 13.0. The Balaban J connectivity index is 1.42. The number of nitrogens with one attached hydrogen (secondary N) is 2. The minimum absolute atomic E-state index is 0.139. The van der Waals surface area contributed by atoms with Crippen molar-refractivity contribution in [2.24, 2.45) is 0 Å². The van der Waals surface area contributed by atoms with E-state index >= 15 is 0 Å². The molecule has 6 heteroatoms. The minimum atomic E-state index is -0.421. The molecule has 1 aromatic heterocycles. The predicted molar refractivity (Wildman–Crippen MR) is 134 cm³/mol. The van der Waals surface area contributed by atoms with Crippen molar-refractivity contribution < 1.29 is 14.0 Å². The van der Waals surface area contributed by atoms with E-state index in [1.807, 2.05) is 91.9 Å². The number of para-hydroxylation sites is 1. The van der Waals surface area contributed by atoms with E-state index < -0.39 is 11.3 Å². The lowest BCUT2D eigenvalue weighted by molar-refractivity contribution is -0.120. The van der Waals surface area contributed by atoms with Crippen molar-refractivity contribution >= 4 is 40.2 Å². The van der Waals surface area contributed by atoms with Gasteiger partial charge < -0.3 is 15.1 Å². The topological polar surface area (TPSA) is 71.3 Å². The quantitative estimate of drug-likeness (QED) is 0.355. The molecule has 5 nitrogen and oxygen atoms in total. The molecule has 4 rings (SSSR count). The number of hydrogen-bond acceptors (Lipinski definition) is 4. The summed E-state index contributed by atoms with van der Waals surface area (Å²) in [6.45, 7) is 3.80. The number of amides is 2. The highest BCUT2D eigenvalue weighted by Gasteiger charge is 2.24. The van der Waals surface area contributed by atoms with Crippen molar-refractivity contribution in [2.75, 3.05) is 11.1 Å². The number of rotatable bonds is 8. The van der Waals surface area contributed by atoms with E-state index in [2.05, 4.69) is 10.6 Å². The maximum atomic E-state index is 13.0. The Morgan fingerprint density at radius 2 is 1.64 bits per heavy atom. The number of fused-ring (bicyclic) bond motifs is 1. The fourth-order valence-corrected chi connectivity index (χ4v) is 4.17. The molecule has 3 aromatic carbocycles. The van der Waals surface area contributed by atoms with Crippen LogP contribution in [-0.4, -0.2) is 22.8 Å². The van der Waals surface area contributed by atoms with Crippen LogP contribution in [0.2, 0.25) is 0 Å². The van der Waals surface area contributed by atoms with Crippen molar-refractivity contribution in [3.05, 3.63) is 102 Å². The van der Waals surface area contributed by atoms with Crippen LogP contribution in [0.15, 0.2) is 89.3 Å². The van der Waals surface area contributed by atoms with Gasteiger partial charge >= 0.3 is 0 Å². The molecule has 2 atom stereocenters. The molecule has 0 aliphatic heterocycles. The Morgan fingerprint density at radius 3 is 2.36 bits per heavy atom. The first-order valence-corrected chi connectivity index (χ1v) is 11.9. The average Bonchev–Trinajstić information content (AvgIpc) is 3.27. The van der Waals surface area contributed by atoms with Gasteiger partial charge in [0.1, 0.15) is 17.4 Å². The van der Waals surface area contributed by atoms with E-state index in [4.69, 9.17) is 4.42 Å². The van der Waals surface area contributed by atoms with Crippen LogP contribution in [0.5, 0.6) is 0 Å². The molecular formula is C27H26N2O3S. The number of aryl methyl sites for hydroxylation is 1. The number of furan rings is 1. The monoisotopic (exact) mass is 458 g/mol. The Labute approximate surface area is 197 Å². The van der Waals surface area contributed by atoms with Gasteiger partial charge in [-0.2, -0.15) is 0 Å². The zero-order valence-corrected chi connectivity index (χ0v) is 19.4.